The first-order chi connectivity index (χ1) is 12.0. The lowest BCUT2D eigenvalue weighted by Gasteiger charge is -2.12. The maximum atomic E-state index is 12.5. The maximum absolute atomic E-state index is 12.5. The number of carbonyl (C=O) groups is 3. The number of hydrogen-bond donors (Lipinski definition) is 0. The second-order valence-corrected chi connectivity index (χ2v) is 5.77. The van der Waals surface area contributed by atoms with Crippen LogP contribution < -0.4 is 5.76 Å². The van der Waals surface area contributed by atoms with Gasteiger partial charge in [-0.05, 0) is 30.3 Å². The number of aryl methyl sites for hydroxylation is 1. The van der Waals surface area contributed by atoms with Crippen LogP contribution in [0, 0.1) is 0 Å². The molecule has 2 amide bonds. The molecule has 0 fully saturated rings. The highest BCUT2D eigenvalue weighted by atomic mass is 16.4. The quantitative estimate of drug-likeness (QED) is 0.535. The molecule has 7 heteroatoms. The lowest BCUT2D eigenvalue weighted by molar-refractivity contribution is 0.0624. The summed E-state index contributed by atoms with van der Waals surface area (Å²) >= 11 is 0. The van der Waals surface area contributed by atoms with Gasteiger partial charge in [0.1, 0.15) is 0 Å². The van der Waals surface area contributed by atoms with Gasteiger partial charge >= 0.3 is 5.76 Å². The van der Waals surface area contributed by atoms with Crippen LogP contribution in [0.1, 0.15) is 31.1 Å². The molecule has 0 aliphatic carbocycles. The van der Waals surface area contributed by atoms with Gasteiger partial charge in [0.05, 0.1) is 23.2 Å². The van der Waals surface area contributed by atoms with Crippen LogP contribution in [0.25, 0.3) is 11.1 Å². The normalized spacial score (nSPS) is 13.6. The van der Waals surface area contributed by atoms with Gasteiger partial charge in [0, 0.05) is 12.6 Å². The lowest BCUT2D eigenvalue weighted by Crippen LogP contribution is -2.34. The van der Waals surface area contributed by atoms with Crippen LogP contribution in [0.5, 0.6) is 0 Å². The van der Waals surface area contributed by atoms with Crippen LogP contribution in [0.2, 0.25) is 0 Å². The largest absolute Gasteiger partial charge is 0.419 e. The molecule has 0 bridgehead atoms. The van der Waals surface area contributed by atoms with Crippen molar-refractivity contribution in [3.8, 4) is 0 Å². The molecule has 3 aromatic rings. The van der Waals surface area contributed by atoms with Crippen molar-refractivity contribution in [1.29, 1.82) is 0 Å². The van der Waals surface area contributed by atoms with E-state index in [0.29, 0.717) is 16.6 Å². The molecule has 0 saturated carbocycles. The first kappa shape index (κ1) is 15.1. The van der Waals surface area contributed by atoms with E-state index in [1.165, 1.54) is 16.7 Å². The molecule has 1 aromatic heterocycles. The molecule has 0 radical (unpaired) electrons. The molecular weight excluding hydrogens is 324 g/mol. The Morgan fingerprint density at radius 1 is 1.00 bits per heavy atom. The minimum Gasteiger partial charge on any atom is -0.408 e. The molecule has 0 unspecified atom stereocenters. The van der Waals surface area contributed by atoms with E-state index in [2.05, 4.69) is 0 Å². The first-order valence-electron chi connectivity index (χ1n) is 7.55. The van der Waals surface area contributed by atoms with Crippen LogP contribution in [-0.2, 0) is 7.05 Å². The molecule has 0 saturated heterocycles. The molecule has 1 aliphatic heterocycles. The van der Waals surface area contributed by atoms with Crippen LogP contribution in [0.15, 0.2) is 51.7 Å². The Bertz CT molecular complexity index is 1090. The van der Waals surface area contributed by atoms with Gasteiger partial charge in [0.2, 0.25) is 0 Å². The van der Waals surface area contributed by atoms with Gasteiger partial charge < -0.3 is 4.42 Å². The Hall–Kier alpha value is -3.48. The third-order valence-electron chi connectivity index (χ3n) is 4.29. The summed E-state index contributed by atoms with van der Waals surface area (Å²) in [5.74, 6) is -1.91. The van der Waals surface area contributed by atoms with Crippen molar-refractivity contribution in [2.45, 2.75) is 0 Å². The van der Waals surface area contributed by atoms with E-state index in [4.69, 9.17) is 4.42 Å². The van der Waals surface area contributed by atoms with Crippen LogP contribution in [0.3, 0.4) is 0 Å². The van der Waals surface area contributed by atoms with Crippen molar-refractivity contribution in [1.82, 2.24) is 9.47 Å². The second-order valence-electron chi connectivity index (χ2n) is 5.77. The molecule has 2 aromatic carbocycles. The van der Waals surface area contributed by atoms with E-state index in [1.54, 1.807) is 37.4 Å². The van der Waals surface area contributed by atoms with Crippen LogP contribution >= 0.6 is 0 Å². The molecule has 0 atom stereocenters. The SMILES string of the molecule is Cn1c(=O)oc2cc(C(=O)CN3C(=O)c4ccccc4C3=O)ccc21. The van der Waals surface area contributed by atoms with E-state index < -0.39 is 23.4 Å². The maximum Gasteiger partial charge on any atom is 0.419 e. The van der Waals surface area contributed by atoms with Crippen molar-refractivity contribution in [3.63, 3.8) is 0 Å². The summed E-state index contributed by atoms with van der Waals surface area (Å²) in [6, 6.07) is 11.0. The summed E-state index contributed by atoms with van der Waals surface area (Å²) in [4.78, 5) is 49.6. The Labute approximate surface area is 141 Å². The topological polar surface area (TPSA) is 89.6 Å². The number of amides is 2. The van der Waals surface area contributed by atoms with Gasteiger partial charge in [-0.2, -0.15) is 0 Å². The second kappa shape index (κ2) is 5.27. The molecular formula is C18H12N2O5. The molecule has 25 heavy (non-hydrogen) atoms. The fraction of sp³-hybridized carbons (Fsp3) is 0.111. The molecule has 1 aliphatic rings. The Morgan fingerprint density at radius 3 is 2.28 bits per heavy atom. The third-order valence-corrected chi connectivity index (χ3v) is 4.29. The van der Waals surface area contributed by atoms with Crippen molar-refractivity contribution < 1.29 is 18.8 Å². The lowest BCUT2D eigenvalue weighted by atomic mass is 10.1. The minimum absolute atomic E-state index is 0.262. The molecule has 4 rings (SSSR count). The molecule has 2 heterocycles. The predicted octanol–water partition coefficient (Wildman–Crippen LogP) is 1.61. The number of Topliss-reactive ketones (excluding diaryl/α,β-unsaturated/α-hetero) is 1. The van der Waals surface area contributed by atoms with Gasteiger partial charge in [-0.25, -0.2) is 4.79 Å². The van der Waals surface area contributed by atoms with E-state index in [-0.39, 0.29) is 17.7 Å². The zero-order valence-electron chi connectivity index (χ0n) is 13.2. The van der Waals surface area contributed by atoms with E-state index in [0.717, 1.165) is 4.90 Å². The number of hydrogen-bond acceptors (Lipinski definition) is 5. The van der Waals surface area contributed by atoms with Gasteiger partial charge in [-0.15, -0.1) is 0 Å². The average molecular weight is 336 g/mol. The van der Waals surface area contributed by atoms with Crippen molar-refractivity contribution in [2.24, 2.45) is 7.05 Å². The zero-order valence-corrected chi connectivity index (χ0v) is 13.2. The molecule has 124 valence electrons. The van der Waals surface area contributed by atoms with E-state index >= 15 is 0 Å². The number of carbonyl (C=O) groups excluding carboxylic acids is 3. The average Bonchev–Trinajstić information content (AvgIpc) is 3.03. The van der Waals surface area contributed by atoms with Crippen LogP contribution in [0.4, 0.5) is 0 Å². The van der Waals surface area contributed by atoms with Crippen molar-refractivity contribution in [3.05, 3.63) is 69.7 Å². The Kier molecular flexibility index (Phi) is 3.18. The summed E-state index contributed by atoms with van der Waals surface area (Å²) in [6.07, 6.45) is 0. The Balaban J connectivity index is 1.64. The van der Waals surface area contributed by atoms with Crippen molar-refractivity contribution >= 4 is 28.7 Å². The van der Waals surface area contributed by atoms with Gasteiger partial charge in [-0.1, -0.05) is 12.1 Å². The molecule has 0 spiro atoms. The van der Waals surface area contributed by atoms with Gasteiger partial charge in [0.15, 0.2) is 11.4 Å². The summed E-state index contributed by atoms with van der Waals surface area (Å²) < 4.78 is 6.39. The zero-order chi connectivity index (χ0) is 17.7. The number of nitrogens with zero attached hydrogens (tertiary/aromatic N) is 2. The standard InChI is InChI=1S/C18H12N2O5/c1-19-13-7-6-10(8-15(13)25-18(19)24)14(21)9-20-16(22)11-4-2-3-5-12(11)17(20)23/h2-8H,9H2,1H3. The van der Waals surface area contributed by atoms with Crippen molar-refractivity contribution in [2.75, 3.05) is 6.54 Å². The van der Waals surface area contributed by atoms with E-state index in [9.17, 15) is 19.2 Å². The third kappa shape index (κ3) is 2.20. The van der Waals surface area contributed by atoms with Gasteiger partial charge in [-0.3, -0.25) is 23.9 Å². The number of fused-ring (bicyclic) bond motifs is 2. The minimum atomic E-state index is -0.528. The number of rotatable bonds is 3. The van der Waals surface area contributed by atoms with Gasteiger partial charge in [0.25, 0.3) is 11.8 Å². The highest BCUT2D eigenvalue weighted by Crippen LogP contribution is 2.23. The number of oxazole rings is 1. The number of aromatic nitrogens is 1. The number of ketones is 1. The summed E-state index contributed by atoms with van der Waals surface area (Å²) in [5, 5.41) is 0. The smallest absolute Gasteiger partial charge is 0.408 e. The van der Waals surface area contributed by atoms with E-state index in [1.807, 2.05) is 0 Å². The summed E-state index contributed by atoms with van der Waals surface area (Å²) in [7, 11) is 1.56. The molecule has 7 nitrogen and oxygen atoms in total. The predicted molar refractivity (Wildman–Crippen MR) is 87.6 cm³/mol. The Morgan fingerprint density at radius 2 is 1.64 bits per heavy atom. The molecule has 0 N–H and O–H groups in total. The summed E-state index contributed by atoms with van der Waals surface area (Å²) in [6.45, 7) is -0.366. The highest BCUT2D eigenvalue weighted by Gasteiger charge is 2.36. The summed E-state index contributed by atoms with van der Waals surface area (Å²) in [5.41, 5.74) is 1.69. The fourth-order valence-corrected chi connectivity index (χ4v) is 2.92. The fourth-order valence-electron chi connectivity index (χ4n) is 2.92. The number of imide groups is 1. The van der Waals surface area contributed by atoms with Crippen LogP contribution in [-0.4, -0.2) is 33.6 Å². The highest BCUT2D eigenvalue weighted by molar-refractivity contribution is 6.23. The number of benzene rings is 2. The first-order valence-corrected chi connectivity index (χ1v) is 7.55. The monoisotopic (exact) mass is 336 g/mol.